The van der Waals surface area contributed by atoms with Gasteiger partial charge >= 0.3 is 0 Å². The fourth-order valence-corrected chi connectivity index (χ4v) is 2.99. The molecule has 1 aliphatic heterocycles. The second-order valence-electron chi connectivity index (χ2n) is 5.75. The molecule has 0 radical (unpaired) electrons. The van der Waals surface area contributed by atoms with Crippen molar-refractivity contribution in [3.63, 3.8) is 0 Å². The molecule has 22 heavy (non-hydrogen) atoms. The van der Waals surface area contributed by atoms with Gasteiger partial charge in [0.1, 0.15) is 5.76 Å². The van der Waals surface area contributed by atoms with Crippen molar-refractivity contribution in [2.24, 2.45) is 0 Å². The number of carbonyl (C=O) groups is 1. The largest absolute Gasteiger partial charge is 0.360 e. The van der Waals surface area contributed by atoms with Gasteiger partial charge in [0.2, 0.25) is 5.91 Å². The lowest BCUT2D eigenvalue weighted by Crippen LogP contribution is -2.46. The van der Waals surface area contributed by atoms with Crippen LogP contribution < -0.4 is 5.32 Å². The van der Waals surface area contributed by atoms with Crippen LogP contribution in [-0.4, -0.2) is 44.4 Å². The Bertz CT molecular complexity index is 622. The van der Waals surface area contributed by atoms with E-state index >= 15 is 0 Å². The summed E-state index contributed by atoms with van der Waals surface area (Å²) < 4.78 is 6.90. The maximum atomic E-state index is 12.4. The Morgan fingerprint density at radius 3 is 3.14 bits per heavy atom. The van der Waals surface area contributed by atoms with Gasteiger partial charge in [-0.05, 0) is 39.3 Å². The number of amides is 1. The van der Waals surface area contributed by atoms with Crippen molar-refractivity contribution in [1.29, 1.82) is 0 Å². The van der Waals surface area contributed by atoms with Gasteiger partial charge in [-0.1, -0.05) is 5.16 Å². The number of hydrogen-bond acceptors (Lipinski definition) is 5. The first-order valence-corrected chi connectivity index (χ1v) is 7.61. The molecular formula is C15H21N5O2. The van der Waals surface area contributed by atoms with E-state index in [0.717, 1.165) is 25.9 Å². The van der Waals surface area contributed by atoms with Gasteiger partial charge in [-0.15, -0.1) is 0 Å². The molecule has 2 atom stereocenters. The maximum Gasteiger partial charge on any atom is 0.242 e. The lowest BCUT2D eigenvalue weighted by Gasteiger charge is -2.29. The molecule has 2 unspecified atom stereocenters. The summed E-state index contributed by atoms with van der Waals surface area (Å²) in [6, 6.07) is 3.76. The molecule has 1 aliphatic rings. The van der Waals surface area contributed by atoms with Crippen molar-refractivity contribution in [2.75, 3.05) is 11.9 Å². The smallest absolute Gasteiger partial charge is 0.242 e. The molecule has 7 nitrogen and oxygen atoms in total. The van der Waals surface area contributed by atoms with Gasteiger partial charge in [-0.3, -0.25) is 14.4 Å². The zero-order valence-electron chi connectivity index (χ0n) is 12.9. The first-order valence-electron chi connectivity index (χ1n) is 7.61. The summed E-state index contributed by atoms with van der Waals surface area (Å²) in [5.74, 6) is 1.10. The minimum absolute atomic E-state index is 0.0549. The highest BCUT2D eigenvalue weighted by Gasteiger charge is 2.32. The molecule has 0 saturated carbocycles. The molecule has 0 aliphatic carbocycles. The van der Waals surface area contributed by atoms with Crippen molar-refractivity contribution >= 4 is 11.7 Å². The Morgan fingerprint density at radius 1 is 1.59 bits per heavy atom. The number of carbonyl (C=O) groups excluding carboxylic acids is 1. The zero-order chi connectivity index (χ0) is 15.5. The standard InChI is InChI=1S/C15H21N5O2/c1-11-9-14(18-22-11)17-15(21)12(2)20-8-3-5-13(20)10-19-7-4-6-16-19/h4,6-7,9,12-13H,3,5,8,10H2,1-2H3,(H,17,18,21). The average molecular weight is 303 g/mol. The number of aromatic nitrogens is 3. The third-order valence-corrected chi connectivity index (χ3v) is 4.14. The van der Waals surface area contributed by atoms with Crippen LogP contribution in [0.1, 0.15) is 25.5 Å². The summed E-state index contributed by atoms with van der Waals surface area (Å²) in [7, 11) is 0. The van der Waals surface area contributed by atoms with E-state index in [-0.39, 0.29) is 11.9 Å². The van der Waals surface area contributed by atoms with Crippen LogP contribution >= 0.6 is 0 Å². The third kappa shape index (κ3) is 3.19. The molecule has 2 aromatic heterocycles. The van der Waals surface area contributed by atoms with E-state index in [0.29, 0.717) is 17.6 Å². The molecule has 0 spiro atoms. The predicted molar refractivity (Wildman–Crippen MR) is 81.3 cm³/mol. The lowest BCUT2D eigenvalue weighted by atomic mass is 10.2. The molecule has 2 aromatic rings. The van der Waals surface area contributed by atoms with Crippen LogP contribution in [0.25, 0.3) is 0 Å². The van der Waals surface area contributed by atoms with Crippen LogP contribution in [0.3, 0.4) is 0 Å². The van der Waals surface area contributed by atoms with E-state index in [2.05, 4.69) is 20.5 Å². The van der Waals surface area contributed by atoms with Crippen LogP contribution in [0.4, 0.5) is 5.82 Å². The van der Waals surface area contributed by atoms with Crippen LogP contribution in [0.5, 0.6) is 0 Å². The fourth-order valence-electron chi connectivity index (χ4n) is 2.99. The first kappa shape index (κ1) is 14.8. The highest BCUT2D eigenvalue weighted by atomic mass is 16.5. The molecular weight excluding hydrogens is 282 g/mol. The monoisotopic (exact) mass is 303 g/mol. The number of hydrogen-bond donors (Lipinski definition) is 1. The number of rotatable bonds is 5. The van der Waals surface area contributed by atoms with E-state index < -0.39 is 0 Å². The van der Waals surface area contributed by atoms with E-state index in [4.69, 9.17) is 4.52 Å². The van der Waals surface area contributed by atoms with E-state index in [1.165, 1.54) is 0 Å². The van der Waals surface area contributed by atoms with Gasteiger partial charge in [0, 0.05) is 24.5 Å². The van der Waals surface area contributed by atoms with Crippen molar-refractivity contribution < 1.29 is 9.32 Å². The highest BCUT2D eigenvalue weighted by Crippen LogP contribution is 2.22. The first-order chi connectivity index (χ1) is 10.6. The van der Waals surface area contributed by atoms with Crippen molar-refractivity contribution in [1.82, 2.24) is 19.8 Å². The Labute approximate surface area is 129 Å². The quantitative estimate of drug-likeness (QED) is 0.909. The van der Waals surface area contributed by atoms with E-state index in [1.807, 2.05) is 23.9 Å². The topological polar surface area (TPSA) is 76.2 Å². The summed E-state index contributed by atoms with van der Waals surface area (Å²) >= 11 is 0. The van der Waals surface area contributed by atoms with Gasteiger partial charge in [0.15, 0.2) is 5.82 Å². The van der Waals surface area contributed by atoms with E-state index in [1.54, 1.807) is 19.2 Å². The third-order valence-electron chi connectivity index (χ3n) is 4.14. The van der Waals surface area contributed by atoms with Crippen molar-refractivity contribution in [3.8, 4) is 0 Å². The summed E-state index contributed by atoms with van der Waals surface area (Å²) in [4.78, 5) is 14.6. The second kappa shape index (κ2) is 6.31. The zero-order valence-corrected chi connectivity index (χ0v) is 12.9. The Balaban J connectivity index is 1.62. The number of anilines is 1. The van der Waals surface area contributed by atoms with Crippen molar-refractivity contribution in [3.05, 3.63) is 30.3 Å². The molecule has 0 aromatic carbocycles. The van der Waals surface area contributed by atoms with Gasteiger partial charge in [0.25, 0.3) is 0 Å². The minimum Gasteiger partial charge on any atom is -0.360 e. The van der Waals surface area contributed by atoms with Crippen LogP contribution in [0, 0.1) is 6.92 Å². The molecule has 118 valence electrons. The number of nitrogens with zero attached hydrogens (tertiary/aromatic N) is 4. The molecule has 0 bridgehead atoms. The lowest BCUT2D eigenvalue weighted by molar-refractivity contribution is -0.121. The molecule has 1 N–H and O–H groups in total. The van der Waals surface area contributed by atoms with Gasteiger partial charge < -0.3 is 9.84 Å². The Hall–Kier alpha value is -2.15. The van der Waals surface area contributed by atoms with Gasteiger partial charge in [-0.2, -0.15) is 5.10 Å². The highest BCUT2D eigenvalue weighted by molar-refractivity contribution is 5.93. The van der Waals surface area contributed by atoms with Crippen LogP contribution in [0.15, 0.2) is 29.0 Å². The molecule has 3 rings (SSSR count). The molecule has 7 heteroatoms. The summed E-state index contributed by atoms with van der Waals surface area (Å²) in [5, 5.41) is 10.9. The molecule has 1 fully saturated rings. The predicted octanol–water partition coefficient (Wildman–Crippen LogP) is 1.67. The SMILES string of the molecule is Cc1cc(NC(=O)C(C)N2CCCC2Cn2cccn2)no1. The Morgan fingerprint density at radius 2 is 2.45 bits per heavy atom. The molecule has 1 saturated heterocycles. The van der Waals surface area contributed by atoms with Crippen LogP contribution in [-0.2, 0) is 11.3 Å². The normalized spacial score (nSPS) is 20.2. The van der Waals surface area contributed by atoms with Crippen molar-refractivity contribution in [2.45, 2.75) is 45.3 Å². The number of aryl methyl sites for hydroxylation is 1. The van der Waals surface area contributed by atoms with Gasteiger partial charge in [-0.25, -0.2) is 0 Å². The maximum absolute atomic E-state index is 12.4. The summed E-state index contributed by atoms with van der Waals surface area (Å²) in [5.41, 5.74) is 0. The minimum atomic E-state index is -0.208. The second-order valence-corrected chi connectivity index (χ2v) is 5.75. The number of nitrogens with one attached hydrogen (secondary N) is 1. The molecule has 1 amide bonds. The summed E-state index contributed by atoms with van der Waals surface area (Å²) in [6.07, 6.45) is 5.93. The van der Waals surface area contributed by atoms with Gasteiger partial charge in [0.05, 0.1) is 12.6 Å². The van der Waals surface area contributed by atoms with Crippen LogP contribution in [0.2, 0.25) is 0 Å². The summed E-state index contributed by atoms with van der Waals surface area (Å²) in [6.45, 7) is 5.47. The average Bonchev–Trinajstić information content (AvgIpc) is 3.21. The number of likely N-dealkylation sites (tertiary alicyclic amines) is 1. The fraction of sp³-hybridized carbons (Fsp3) is 0.533. The Kier molecular flexibility index (Phi) is 4.24. The van der Waals surface area contributed by atoms with E-state index in [9.17, 15) is 4.79 Å². The molecule has 3 heterocycles.